The van der Waals surface area contributed by atoms with Crippen molar-refractivity contribution in [3.05, 3.63) is 65.9 Å². The van der Waals surface area contributed by atoms with Crippen molar-refractivity contribution in [1.29, 1.82) is 0 Å². The minimum atomic E-state index is -4.07. The summed E-state index contributed by atoms with van der Waals surface area (Å²) in [6.45, 7) is 3.60. The van der Waals surface area contributed by atoms with Gasteiger partial charge in [0, 0.05) is 11.9 Å². The molecule has 8 nitrogen and oxygen atoms in total. The molecule has 1 amide bonds. The summed E-state index contributed by atoms with van der Waals surface area (Å²) in [6.07, 6.45) is 4.05. The molecule has 1 N–H and O–H groups in total. The number of pyridine rings is 2. The number of sulfonamides is 1. The van der Waals surface area contributed by atoms with Crippen LogP contribution in [0, 0.1) is 13.8 Å². The van der Waals surface area contributed by atoms with Crippen LogP contribution in [0.4, 0.5) is 0 Å². The maximum absolute atomic E-state index is 12.4. The van der Waals surface area contributed by atoms with Crippen molar-refractivity contribution in [3.8, 4) is 5.82 Å². The van der Waals surface area contributed by atoms with E-state index in [1.807, 2.05) is 17.7 Å². The van der Waals surface area contributed by atoms with E-state index < -0.39 is 15.9 Å². The van der Waals surface area contributed by atoms with Crippen LogP contribution in [0.5, 0.6) is 0 Å². The summed E-state index contributed by atoms with van der Waals surface area (Å²) in [7, 11) is -4.07. The predicted molar refractivity (Wildman–Crippen MR) is 89.7 cm³/mol. The van der Waals surface area contributed by atoms with Gasteiger partial charge in [-0.2, -0.15) is 5.10 Å². The topological polar surface area (TPSA) is 107 Å². The average molecular weight is 357 g/mol. The van der Waals surface area contributed by atoms with Gasteiger partial charge in [0.1, 0.15) is 10.6 Å². The molecular weight excluding hydrogens is 342 g/mol. The number of nitrogens with one attached hydrogen (secondary N) is 1. The number of hydrogen-bond donors (Lipinski definition) is 1. The zero-order valence-corrected chi connectivity index (χ0v) is 14.4. The molecule has 0 fully saturated rings. The number of aryl methyl sites for hydroxylation is 2. The fraction of sp³-hybridized carbons (Fsp3) is 0.125. The highest BCUT2D eigenvalue weighted by molar-refractivity contribution is 7.90. The molecule has 0 radical (unpaired) electrons. The monoisotopic (exact) mass is 357 g/mol. The third-order valence-electron chi connectivity index (χ3n) is 3.35. The van der Waals surface area contributed by atoms with Gasteiger partial charge in [-0.05, 0) is 43.7 Å². The van der Waals surface area contributed by atoms with Crippen LogP contribution in [0.15, 0.2) is 53.8 Å². The molecule has 0 bridgehead atoms. The van der Waals surface area contributed by atoms with Crippen LogP contribution >= 0.6 is 0 Å². The predicted octanol–water partition coefficient (Wildman–Crippen LogP) is 1.40. The Kier molecular flexibility index (Phi) is 4.32. The van der Waals surface area contributed by atoms with Crippen molar-refractivity contribution >= 4 is 15.9 Å². The van der Waals surface area contributed by atoms with Gasteiger partial charge in [0.25, 0.3) is 15.9 Å². The Labute approximate surface area is 144 Å². The van der Waals surface area contributed by atoms with Crippen LogP contribution in [0.1, 0.15) is 21.7 Å². The highest BCUT2D eigenvalue weighted by Gasteiger charge is 2.21. The van der Waals surface area contributed by atoms with Crippen LogP contribution < -0.4 is 4.72 Å². The second-order valence-corrected chi connectivity index (χ2v) is 7.09. The molecule has 0 unspecified atom stereocenters. The van der Waals surface area contributed by atoms with E-state index in [4.69, 9.17) is 0 Å². The Morgan fingerprint density at radius 1 is 1.20 bits per heavy atom. The first-order valence-corrected chi connectivity index (χ1v) is 8.82. The fourth-order valence-corrected chi connectivity index (χ4v) is 3.01. The van der Waals surface area contributed by atoms with Crippen LogP contribution in [0.25, 0.3) is 5.82 Å². The van der Waals surface area contributed by atoms with Crippen molar-refractivity contribution in [2.75, 3.05) is 0 Å². The van der Waals surface area contributed by atoms with Gasteiger partial charge in [-0.15, -0.1) is 0 Å². The van der Waals surface area contributed by atoms with Crippen LogP contribution in [-0.2, 0) is 10.0 Å². The Morgan fingerprint density at radius 2 is 2.00 bits per heavy atom. The molecule has 0 aliphatic rings. The third kappa shape index (κ3) is 3.72. The number of hydrogen-bond acceptors (Lipinski definition) is 6. The standard InChI is InChI=1S/C16H15N5O3S/c1-11-6-7-17-15(8-11)21-10-13(9-18-21)25(23,24)20-16(22)14-5-3-4-12(2)19-14/h3-10H,1-2H3,(H,20,22). The van der Waals surface area contributed by atoms with E-state index in [1.165, 1.54) is 16.9 Å². The van der Waals surface area contributed by atoms with E-state index in [-0.39, 0.29) is 10.6 Å². The second-order valence-electron chi connectivity index (χ2n) is 5.41. The smallest absolute Gasteiger partial charge is 0.266 e. The van der Waals surface area contributed by atoms with Crippen molar-refractivity contribution < 1.29 is 13.2 Å². The third-order valence-corrected chi connectivity index (χ3v) is 4.64. The minimum absolute atomic E-state index is 0.0244. The summed E-state index contributed by atoms with van der Waals surface area (Å²) >= 11 is 0. The summed E-state index contributed by atoms with van der Waals surface area (Å²) in [6, 6.07) is 8.37. The Hall–Kier alpha value is -3.07. The molecule has 0 spiro atoms. The highest BCUT2D eigenvalue weighted by atomic mass is 32.2. The number of amides is 1. The molecule has 3 heterocycles. The first kappa shape index (κ1) is 16.8. The van der Waals surface area contributed by atoms with Crippen LogP contribution in [0.2, 0.25) is 0 Å². The lowest BCUT2D eigenvalue weighted by Crippen LogP contribution is -2.31. The molecular formula is C16H15N5O3S. The van der Waals surface area contributed by atoms with Crippen molar-refractivity contribution in [3.63, 3.8) is 0 Å². The molecule has 3 aromatic rings. The second kappa shape index (κ2) is 6.44. The van der Waals surface area contributed by atoms with Gasteiger partial charge >= 0.3 is 0 Å². The van der Waals surface area contributed by atoms with Crippen molar-refractivity contribution in [1.82, 2.24) is 24.5 Å². The maximum atomic E-state index is 12.4. The lowest BCUT2D eigenvalue weighted by Gasteiger charge is -2.05. The van der Waals surface area contributed by atoms with E-state index in [0.717, 1.165) is 11.8 Å². The minimum Gasteiger partial charge on any atom is -0.266 e. The summed E-state index contributed by atoms with van der Waals surface area (Å²) < 4.78 is 28.1. The molecule has 0 saturated heterocycles. The molecule has 9 heteroatoms. The van der Waals surface area contributed by atoms with Crippen molar-refractivity contribution in [2.24, 2.45) is 0 Å². The lowest BCUT2D eigenvalue weighted by atomic mass is 10.3. The lowest BCUT2D eigenvalue weighted by molar-refractivity contribution is 0.0976. The van der Waals surface area contributed by atoms with Gasteiger partial charge < -0.3 is 0 Å². The van der Waals surface area contributed by atoms with Gasteiger partial charge in [0.2, 0.25) is 0 Å². The normalized spacial score (nSPS) is 11.3. The number of rotatable bonds is 4. The molecule has 0 aliphatic heterocycles. The summed E-state index contributed by atoms with van der Waals surface area (Å²) in [5.41, 5.74) is 1.60. The highest BCUT2D eigenvalue weighted by Crippen LogP contribution is 2.12. The molecule has 128 valence electrons. The number of aromatic nitrogens is 4. The summed E-state index contributed by atoms with van der Waals surface area (Å²) in [5.74, 6) is -0.321. The largest absolute Gasteiger partial charge is 0.283 e. The Bertz CT molecular complexity index is 1040. The van der Waals surface area contributed by atoms with Crippen LogP contribution in [-0.4, -0.2) is 34.1 Å². The van der Waals surface area contributed by atoms with Gasteiger partial charge in [0.15, 0.2) is 5.82 Å². The summed E-state index contributed by atoms with van der Waals surface area (Å²) in [4.78, 5) is 20.1. The molecule has 3 rings (SSSR count). The average Bonchev–Trinajstić information content (AvgIpc) is 3.05. The number of carbonyl (C=O) groups is 1. The summed E-state index contributed by atoms with van der Waals surface area (Å²) in [5, 5.41) is 4.00. The van der Waals surface area contributed by atoms with E-state index in [0.29, 0.717) is 11.5 Å². The fourth-order valence-electron chi connectivity index (χ4n) is 2.12. The van der Waals surface area contributed by atoms with Gasteiger partial charge in [-0.3, -0.25) is 4.79 Å². The van der Waals surface area contributed by atoms with Gasteiger partial charge in [-0.25, -0.2) is 27.8 Å². The van der Waals surface area contributed by atoms with E-state index >= 15 is 0 Å². The van der Waals surface area contributed by atoms with Gasteiger partial charge in [-0.1, -0.05) is 6.07 Å². The first-order valence-electron chi connectivity index (χ1n) is 7.34. The molecule has 3 aromatic heterocycles. The first-order chi connectivity index (χ1) is 11.8. The zero-order chi connectivity index (χ0) is 18.0. The molecule has 0 saturated carbocycles. The molecule has 0 aromatic carbocycles. The SMILES string of the molecule is Cc1ccnc(-n2cc(S(=O)(=O)NC(=O)c3cccc(C)n3)cn2)c1. The maximum Gasteiger partial charge on any atom is 0.283 e. The van der Waals surface area contributed by atoms with E-state index in [2.05, 4.69) is 15.1 Å². The Morgan fingerprint density at radius 3 is 2.72 bits per heavy atom. The molecule has 0 aliphatic carbocycles. The zero-order valence-electron chi connectivity index (χ0n) is 13.5. The van der Waals surface area contributed by atoms with Crippen molar-refractivity contribution in [2.45, 2.75) is 18.7 Å². The van der Waals surface area contributed by atoms with E-state index in [9.17, 15) is 13.2 Å². The Balaban J connectivity index is 1.85. The molecule has 25 heavy (non-hydrogen) atoms. The van der Waals surface area contributed by atoms with Crippen LogP contribution in [0.3, 0.4) is 0 Å². The number of nitrogens with zero attached hydrogens (tertiary/aromatic N) is 4. The van der Waals surface area contributed by atoms with E-state index in [1.54, 1.807) is 31.3 Å². The molecule has 0 atom stereocenters. The quantitative estimate of drug-likeness (QED) is 0.756. The van der Waals surface area contributed by atoms with Gasteiger partial charge in [0.05, 0.1) is 12.4 Å². The number of carbonyl (C=O) groups excluding carboxylic acids is 1.